The minimum atomic E-state index is -0.510. The topological polar surface area (TPSA) is 59.1 Å². The van der Waals surface area contributed by atoms with Gasteiger partial charge in [-0.15, -0.1) is 0 Å². The highest BCUT2D eigenvalue weighted by Gasteiger charge is 2.55. The summed E-state index contributed by atoms with van der Waals surface area (Å²) in [6.07, 6.45) is 0.451. The van der Waals surface area contributed by atoms with Crippen molar-refractivity contribution >= 4 is 11.8 Å². The van der Waals surface area contributed by atoms with E-state index >= 15 is 0 Å². The van der Waals surface area contributed by atoms with Crippen molar-refractivity contribution in [3.63, 3.8) is 0 Å². The largest absolute Gasteiger partial charge is 0.379 e. The molecule has 3 fully saturated rings. The Labute approximate surface area is 147 Å². The maximum absolute atomic E-state index is 12.9. The number of nitrogens with zero attached hydrogens (tertiary/aromatic N) is 2. The van der Waals surface area contributed by atoms with Crippen LogP contribution >= 0.6 is 0 Å². The monoisotopic (exact) mass is 344 g/mol. The molecule has 0 spiro atoms. The SMILES string of the molecule is CN1C(=O)CO[C@@H]2CN(C(=O)C3(C)COC3)CC[C@]21c1ccccc1. The number of likely N-dealkylation sites (N-methyl/N-ethyl adjacent to an activating group) is 1. The van der Waals surface area contributed by atoms with E-state index in [-0.39, 0.29) is 24.5 Å². The van der Waals surface area contributed by atoms with Gasteiger partial charge in [0.25, 0.3) is 0 Å². The first-order chi connectivity index (χ1) is 12.0. The number of hydrogen-bond acceptors (Lipinski definition) is 4. The standard InChI is InChI=1S/C19H24N2O4/c1-18(12-24-13-18)17(23)21-9-8-19(14-6-4-3-5-7-14)15(10-21)25-11-16(22)20(19)2/h3-7,15H,8-13H2,1-2H3/t15-,19+/m1/s1. The summed E-state index contributed by atoms with van der Waals surface area (Å²) >= 11 is 0. The second-order valence-corrected chi connectivity index (χ2v) is 7.60. The van der Waals surface area contributed by atoms with Gasteiger partial charge in [-0.05, 0) is 18.9 Å². The first-order valence-electron chi connectivity index (χ1n) is 8.78. The number of benzene rings is 1. The van der Waals surface area contributed by atoms with Crippen LogP contribution in [0.1, 0.15) is 18.9 Å². The summed E-state index contributed by atoms with van der Waals surface area (Å²) in [6.45, 7) is 4.10. The lowest BCUT2D eigenvalue weighted by Crippen LogP contribution is -2.68. The van der Waals surface area contributed by atoms with E-state index in [9.17, 15) is 9.59 Å². The molecular formula is C19H24N2O4. The Morgan fingerprint density at radius 2 is 1.96 bits per heavy atom. The van der Waals surface area contributed by atoms with Crippen molar-refractivity contribution in [2.75, 3.05) is 40.0 Å². The zero-order chi connectivity index (χ0) is 17.7. The number of carbonyl (C=O) groups is 2. The molecule has 0 radical (unpaired) electrons. The van der Waals surface area contributed by atoms with Crippen molar-refractivity contribution in [1.82, 2.24) is 9.80 Å². The number of likely N-dealkylation sites (tertiary alicyclic amines) is 1. The predicted molar refractivity (Wildman–Crippen MR) is 90.8 cm³/mol. The number of fused-ring (bicyclic) bond motifs is 1. The molecule has 3 saturated heterocycles. The summed E-state index contributed by atoms with van der Waals surface area (Å²) in [4.78, 5) is 28.9. The van der Waals surface area contributed by atoms with Crippen LogP contribution in [0.4, 0.5) is 0 Å². The number of morpholine rings is 1. The van der Waals surface area contributed by atoms with Gasteiger partial charge in [-0.2, -0.15) is 0 Å². The molecule has 25 heavy (non-hydrogen) atoms. The van der Waals surface area contributed by atoms with Crippen LogP contribution in [0, 0.1) is 5.41 Å². The summed E-state index contributed by atoms with van der Waals surface area (Å²) in [5, 5.41) is 0. The van der Waals surface area contributed by atoms with E-state index in [2.05, 4.69) is 0 Å². The Morgan fingerprint density at radius 3 is 2.60 bits per heavy atom. The van der Waals surface area contributed by atoms with Crippen molar-refractivity contribution < 1.29 is 19.1 Å². The van der Waals surface area contributed by atoms with Gasteiger partial charge in [-0.1, -0.05) is 30.3 Å². The molecular weight excluding hydrogens is 320 g/mol. The lowest BCUT2D eigenvalue weighted by atomic mass is 9.75. The van der Waals surface area contributed by atoms with E-state index in [4.69, 9.17) is 9.47 Å². The maximum atomic E-state index is 12.9. The normalized spacial score (nSPS) is 31.3. The van der Waals surface area contributed by atoms with Crippen LogP contribution in [-0.2, 0) is 24.6 Å². The Morgan fingerprint density at radius 1 is 1.24 bits per heavy atom. The van der Waals surface area contributed by atoms with E-state index in [1.165, 1.54) is 0 Å². The van der Waals surface area contributed by atoms with Crippen LogP contribution in [0.2, 0.25) is 0 Å². The van der Waals surface area contributed by atoms with E-state index in [1.807, 2.05) is 54.1 Å². The third kappa shape index (κ3) is 2.39. The van der Waals surface area contributed by atoms with Gasteiger partial charge in [0.1, 0.15) is 12.7 Å². The average molecular weight is 344 g/mol. The molecule has 0 unspecified atom stereocenters. The van der Waals surface area contributed by atoms with Crippen molar-refractivity contribution in [2.24, 2.45) is 5.41 Å². The first kappa shape index (κ1) is 16.5. The molecule has 6 nitrogen and oxygen atoms in total. The van der Waals surface area contributed by atoms with Crippen LogP contribution < -0.4 is 0 Å². The van der Waals surface area contributed by atoms with Crippen molar-refractivity contribution in [3.8, 4) is 0 Å². The van der Waals surface area contributed by atoms with Gasteiger partial charge in [0.05, 0.1) is 24.2 Å². The molecule has 1 aromatic rings. The molecule has 3 aliphatic rings. The molecule has 2 amide bonds. The molecule has 0 aliphatic carbocycles. The van der Waals surface area contributed by atoms with E-state index < -0.39 is 11.0 Å². The lowest BCUT2D eigenvalue weighted by Gasteiger charge is -2.55. The maximum Gasteiger partial charge on any atom is 0.249 e. The highest BCUT2D eigenvalue weighted by molar-refractivity contribution is 5.84. The minimum absolute atomic E-state index is 0.0146. The summed E-state index contributed by atoms with van der Waals surface area (Å²) < 4.78 is 11.2. The number of hydrogen-bond donors (Lipinski definition) is 0. The zero-order valence-corrected chi connectivity index (χ0v) is 14.7. The number of rotatable bonds is 2. The quantitative estimate of drug-likeness (QED) is 0.803. The van der Waals surface area contributed by atoms with Gasteiger partial charge in [0.15, 0.2) is 0 Å². The lowest BCUT2D eigenvalue weighted by molar-refractivity contribution is -0.193. The summed E-state index contributed by atoms with van der Waals surface area (Å²) in [6, 6.07) is 10.0. The molecule has 0 saturated carbocycles. The molecule has 0 bridgehead atoms. The van der Waals surface area contributed by atoms with E-state index in [0.29, 0.717) is 32.7 Å². The third-order valence-electron chi connectivity index (χ3n) is 5.98. The zero-order valence-electron chi connectivity index (χ0n) is 14.7. The summed E-state index contributed by atoms with van der Waals surface area (Å²) in [5.74, 6) is 0.114. The Balaban J connectivity index is 1.65. The molecule has 3 heterocycles. The van der Waals surface area contributed by atoms with Gasteiger partial charge in [0.2, 0.25) is 11.8 Å². The minimum Gasteiger partial charge on any atom is -0.379 e. The summed E-state index contributed by atoms with van der Waals surface area (Å²) in [7, 11) is 1.85. The fourth-order valence-corrected chi connectivity index (χ4v) is 4.32. The molecule has 0 N–H and O–H groups in total. The van der Waals surface area contributed by atoms with Crippen molar-refractivity contribution in [3.05, 3.63) is 35.9 Å². The highest BCUT2D eigenvalue weighted by Crippen LogP contribution is 2.43. The summed E-state index contributed by atoms with van der Waals surface area (Å²) in [5.41, 5.74) is 0.147. The van der Waals surface area contributed by atoms with E-state index in [1.54, 1.807) is 0 Å². The number of amides is 2. The highest BCUT2D eigenvalue weighted by atomic mass is 16.5. The average Bonchev–Trinajstić information content (AvgIpc) is 2.62. The Bertz CT molecular complexity index is 688. The molecule has 0 aromatic heterocycles. The molecule has 6 heteroatoms. The second kappa shape index (κ2) is 5.81. The molecule has 2 atom stereocenters. The van der Waals surface area contributed by atoms with Crippen LogP contribution in [0.5, 0.6) is 0 Å². The Kier molecular flexibility index (Phi) is 3.85. The number of piperidine rings is 1. The van der Waals surface area contributed by atoms with Gasteiger partial charge >= 0.3 is 0 Å². The first-order valence-corrected chi connectivity index (χ1v) is 8.78. The predicted octanol–water partition coefficient (Wildman–Crippen LogP) is 1.01. The van der Waals surface area contributed by atoms with Crippen LogP contribution in [0.25, 0.3) is 0 Å². The number of ether oxygens (including phenoxy) is 2. The van der Waals surface area contributed by atoms with Gasteiger partial charge in [-0.25, -0.2) is 0 Å². The van der Waals surface area contributed by atoms with Crippen molar-refractivity contribution in [2.45, 2.75) is 25.0 Å². The molecule has 1 aromatic carbocycles. The smallest absolute Gasteiger partial charge is 0.249 e. The fourth-order valence-electron chi connectivity index (χ4n) is 4.32. The number of carbonyl (C=O) groups excluding carboxylic acids is 2. The fraction of sp³-hybridized carbons (Fsp3) is 0.579. The Hall–Kier alpha value is -1.92. The van der Waals surface area contributed by atoms with Crippen LogP contribution in [0.15, 0.2) is 30.3 Å². The van der Waals surface area contributed by atoms with Gasteiger partial charge in [0, 0.05) is 20.1 Å². The molecule has 3 aliphatic heterocycles. The van der Waals surface area contributed by atoms with Crippen molar-refractivity contribution in [1.29, 1.82) is 0 Å². The van der Waals surface area contributed by atoms with Gasteiger partial charge in [-0.3, -0.25) is 9.59 Å². The van der Waals surface area contributed by atoms with Crippen LogP contribution in [0.3, 0.4) is 0 Å². The second-order valence-electron chi connectivity index (χ2n) is 7.60. The molecule has 4 rings (SSSR count). The van der Waals surface area contributed by atoms with Gasteiger partial charge < -0.3 is 19.3 Å². The molecule has 134 valence electrons. The van der Waals surface area contributed by atoms with E-state index in [0.717, 1.165) is 5.56 Å². The van der Waals surface area contributed by atoms with Crippen LogP contribution in [-0.4, -0.2) is 67.7 Å². The third-order valence-corrected chi connectivity index (χ3v) is 5.98.